The van der Waals surface area contributed by atoms with E-state index in [1.165, 1.54) is 36.5 Å². The van der Waals surface area contributed by atoms with Gasteiger partial charge in [0.15, 0.2) is 0 Å². The molecule has 32 heavy (non-hydrogen) atoms. The number of nitrogens with zero attached hydrogens (tertiary/aromatic N) is 1. The lowest BCUT2D eigenvalue weighted by Crippen LogP contribution is -2.28. The first kappa shape index (κ1) is 21.5. The number of amides is 1. The number of para-hydroxylation sites is 2. The maximum absolute atomic E-state index is 13.2. The smallest absolute Gasteiger partial charge is 0.264 e. The van der Waals surface area contributed by atoms with E-state index in [0.717, 1.165) is 5.56 Å². The summed E-state index contributed by atoms with van der Waals surface area (Å²) in [5.41, 5.74) is 1.37. The minimum absolute atomic E-state index is 0.0190. The Hall–Kier alpha value is -3.78. The molecule has 0 aliphatic carbocycles. The monoisotopic (exact) mass is 449 g/mol. The van der Waals surface area contributed by atoms with Gasteiger partial charge in [0.05, 0.1) is 22.8 Å². The summed E-state index contributed by atoms with van der Waals surface area (Å²) in [4.78, 5) is 17.1. The van der Waals surface area contributed by atoms with Crippen LogP contribution in [-0.4, -0.2) is 19.3 Å². The third-order valence-corrected chi connectivity index (χ3v) is 6.42. The van der Waals surface area contributed by atoms with Gasteiger partial charge in [0.2, 0.25) is 0 Å². The van der Waals surface area contributed by atoms with Gasteiger partial charge in [0, 0.05) is 11.6 Å². The zero-order valence-electron chi connectivity index (χ0n) is 17.1. The molecule has 0 fully saturated rings. The number of hydrogen-bond donors (Lipinski definition) is 2. The topological polar surface area (TPSA) is 88.2 Å². The molecule has 6 nitrogen and oxygen atoms in total. The van der Waals surface area contributed by atoms with Gasteiger partial charge in [-0.05, 0) is 48.9 Å². The van der Waals surface area contributed by atoms with Crippen LogP contribution in [0.15, 0.2) is 90.0 Å². The molecule has 0 bridgehead atoms. The normalized spacial score (nSPS) is 12.3. The summed E-state index contributed by atoms with van der Waals surface area (Å²) in [5.74, 6) is -0.828. The van der Waals surface area contributed by atoms with Crippen LogP contribution in [0.5, 0.6) is 0 Å². The van der Waals surface area contributed by atoms with E-state index in [1.54, 1.807) is 55.5 Å². The van der Waals surface area contributed by atoms with E-state index in [-0.39, 0.29) is 22.0 Å². The molecule has 3 aromatic carbocycles. The van der Waals surface area contributed by atoms with Gasteiger partial charge in [-0.2, -0.15) is 0 Å². The SMILES string of the molecule is CC(NC(=O)c1ccccc1NS(=O)(=O)c1cccc2cccnc12)c1ccc(F)cc1. The largest absolute Gasteiger partial charge is 0.345 e. The van der Waals surface area contributed by atoms with Crippen LogP contribution in [0.4, 0.5) is 10.1 Å². The fraction of sp³-hybridized carbons (Fsp3) is 0.0833. The van der Waals surface area contributed by atoms with Crippen molar-refractivity contribution < 1.29 is 17.6 Å². The number of fused-ring (bicyclic) bond motifs is 1. The number of hydrogen-bond acceptors (Lipinski definition) is 4. The van der Waals surface area contributed by atoms with Crippen molar-refractivity contribution in [3.05, 3.63) is 102 Å². The van der Waals surface area contributed by atoms with E-state index in [1.807, 2.05) is 0 Å². The van der Waals surface area contributed by atoms with Crippen LogP contribution < -0.4 is 10.0 Å². The number of pyridine rings is 1. The fourth-order valence-corrected chi connectivity index (χ4v) is 4.63. The highest BCUT2D eigenvalue weighted by Gasteiger charge is 2.22. The number of aromatic nitrogens is 1. The van der Waals surface area contributed by atoms with Gasteiger partial charge in [0.25, 0.3) is 15.9 Å². The van der Waals surface area contributed by atoms with Gasteiger partial charge in [-0.1, -0.05) is 42.5 Å². The predicted molar refractivity (Wildman–Crippen MR) is 121 cm³/mol. The molecule has 1 heterocycles. The van der Waals surface area contributed by atoms with Gasteiger partial charge in [-0.3, -0.25) is 14.5 Å². The molecule has 2 N–H and O–H groups in total. The Morgan fingerprint density at radius 2 is 1.66 bits per heavy atom. The maximum atomic E-state index is 13.2. The van der Waals surface area contributed by atoms with Crippen molar-refractivity contribution in [1.29, 1.82) is 0 Å². The van der Waals surface area contributed by atoms with E-state index >= 15 is 0 Å². The summed E-state index contributed by atoms with van der Waals surface area (Å²) in [7, 11) is -4.02. The molecular formula is C24H20FN3O3S. The Bertz CT molecular complexity index is 1380. The summed E-state index contributed by atoms with van der Waals surface area (Å²) in [6.07, 6.45) is 1.53. The molecule has 0 radical (unpaired) electrons. The highest BCUT2D eigenvalue weighted by Crippen LogP contribution is 2.25. The molecule has 1 atom stereocenters. The van der Waals surface area contributed by atoms with Crippen LogP contribution in [0.25, 0.3) is 10.9 Å². The molecule has 0 aliphatic rings. The van der Waals surface area contributed by atoms with Gasteiger partial charge in [-0.15, -0.1) is 0 Å². The number of anilines is 1. The standard InChI is InChI=1S/C24H20FN3O3S/c1-16(17-11-13-19(25)14-12-17)27-24(29)20-8-2-3-9-21(20)28-32(30,31)22-10-4-6-18-7-5-15-26-23(18)22/h2-16,28H,1H3,(H,27,29). The fourth-order valence-electron chi connectivity index (χ4n) is 3.37. The average molecular weight is 450 g/mol. The molecule has 1 aromatic heterocycles. The summed E-state index contributed by atoms with van der Waals surface area (Å²) < 4.78 is 42.0. The number of carbonyl (C=O) groups excluding carboxylic acids is 1. The van der Waals surface area contributed by atoms with E-state index in [0.29, 0.717) is 10.9 Å². The first-order chi connectivity index (χ1) is 15.3. The Morgan fingerprint density at radius 1 is 0.938 bits per heavy atom. The van der Waals surface area contributed by atoms with E-state index in [4.69, 9.17) is 0 Å². The third kappa shape index (κ3) is 4.45. The molecule has 0 aliphatic heterocycles. The molecule has 1 amide bonds. The molecular weight excluding hydrogens is 429 g/mol. The molecule has 162 valence electrons. The Kier molecular flexibility index (Phi) is 5.87. The molecule has 0 spiro atoms. The average Bonchev–Trinajstić information content (AvgIpc) is 2.79. The van der Waals surface area contributed by atoms with Crippen LogP contribution in [0.2, 0.25) is 0 Å². The van der Waals surface area contributed by atoms with Crippen molar-refractivity contribution >= 4 is 32.5 Å². The highest BCUT2D eigenvalue weighted by molar-refractivity contribution is 7.93. The molecule has 0 saturated carbocycles. The quantitative estimate of drug-likeness (QED) is 0.448. The van der Waals surface area contributed by atoms with Crippen molar-refractivity contribution in [2.75, 3.05) is 4.72 Å². The molecule has 0 saturated heterocycles. The Balaban J connectivity index is 1.62. The summed E-state index contributed by atoms with van der Waals surface area (Å²) in [6.45, 7) is 1.76. The van der Waals surface area contributed by atoms with Crippen LogP contribution in [0.3, 0.4) is 0 Å². The molecule has 4 aromatic rings. The predicted octanol–water partition coefficient (Wildman–Crippen LogP) is 4.67. The number of sulfonamides is 1. The van der Waals surface area contributed by atoms with E-state index in [2.05, 4.69) is 15.0 Å². The van der Waals surface area contributed by atoms with Crippen LogP contribution in [0, 0.1) is 5.82 Å². The first-order valence-electron chi connectivity index (χ1n) is 9.87. The Labute approximate surface area is 185 Å². The first-order valence-corrected chi connectivity index (χ1v) is 11.4. The van der Waals surface area contributed by atoms with Crippen LogP contribution in [0.1, 0.15) is 28.9 Å². The number of rotatable bonds is 6. The summed E-state index contributed by atoms with van der Waals surface area (Å²) in [5, 5.41) is 3.51. The second kappa shape index (κ2) is 8.76. The minimum atomic E-state index is -4.02. The molecule has 4 rings (SSSR count). The third-order valence-electron chi connectivity index (χ3n) is 5.02. The van der Waals surface area contributed by atoms with Crippen molar-refractivity contribution in [2.45, 2.75) is 17.9 Å². The summed E-state index contributed by atoms with van der Waals surface area (Å²) >= 11 is 0. The minimum Gasteiger partial charge on any atom is -0.345 e. The van der Waals surface area contributed by atoms with Gasteiger partial charge in [0.1, 0.15) is 10.7 Å². The van der Waals surface area contributed by atoms with Crippen LogP contribution in [-0.2, 0) is 10.0 Å². The lowest BCUT2D eigenvalue weighted by Gasteiger charge is -2.17. The number of carbonyl (C=O) groups is 1. The van der Waals surface area contributed by atoms with Crippen molar-refractivity contribution in [1.82, 2.24) is 10.3 Å². The molecule has 8 heteroatoms. The van der Waals surface area contributed by atoms with Gasteiger partial charge in [-0.25, -0.2) is 12.8 Å². The lowest BCUT2D eigenvalue weighted by atomic mass is 10.1. The second-order valence-electron chi connectivity index (χ2n) is 7.23. The highest BCUT2D eigenvalue weighted by atomic mass is 32.2. The van der Waals surface area contributed by atoms with Crippen molar-refractivity contribution in [3.63, 3.8) is 0 Å². The maximum Gasteiger partial charge on any atom is 0.264 e. The van der Waals surface area contributed by atoms with E-state index in [9.17, 15) is 17.6 Å². The summed E-state index contributed by atoms with van der Waals surface area (Å²) in [6, 6.07) is 20.1. The molecule has 1 unspecified atom stereocenters. The van der Waals surface area contributed by atoms with Crippen molar-refractivity contribution in [3.8, 4) is 0 Å². The number of nitrogens with one attached hydrogen (secondary N) is 2. The van der Waals surface area contributed by atoms with Gasteiger partial charge >= 0.3 is 0 Å². The zero-order chi connectivity index (χ0) is 22.7. The second-order valence-corrected chi connectivity index (χ2v) is 8.88. The Morgan fingerprint density at radius 3 is 2.44 bits per heavy atom. The van der Waals surface area contributed by atoms with Crippen LogP contribution >= 0.6 is 0 Å². The van der Waals surface area contributed by atoms with Gasteiger partial charge < -0.3 is 5.32 Å². The van der Waals surface area contributed by atoms with Crippen molar-refractivity contribution in [2.24, 2.45) is 0 Å². The number of halogens is 1. The lowest BCUT2D eigenvalue weighted by molar-refractivity contribution is 0.0941. The zero-order valence-corrected chi connectivity index (χ0v) is 17.9. The number of benzene rings is 3. The van der Waals surface area contributed by atoms with E-state index < -0.39 is 22.0 Å².